The highest BCUT2D eigenvalue weighted by molar-refractivity contribution is 5.85. The van der Waals surface area contributed by atoms with Gasteiger partial charge in [0.2, 0.25) is 12.6 Å². The van der Waals surface area contributed by atoms with Gasteiger partial charge in [0.15, 0.2) is 5.60 Å². The predicted octanol–water partition coefficient (Wildman–Crippen LogP) is -0.0720. The van der Waals surface area contributed by atoms with Gasteiger partial charge < -0.3 is 79.1 Å². The SMILES string of the molecule is CC(C)C[C@@](O)(CC(=O)OCc1ccc(O[C@@H]2O[C@H](CO)[C@@H](O)[C@H](O)[C@H]2O)cc1)C(=O)OCc1ccc(O[C@@H]2O[C@H](COCc3ccc(O)cc3)[C@@H](O)[C@H](O)[C@H]2O)cc1. The molecule has 5 rings (SSSR count). The second-order valence-electron chi connectivity index (χ2n) is 15.0. The van der Waals surface area contributed by atoms with Crippen molar-refractivity contribution in [1.82, 2.24) is 0 Å². The summed E-state index contributed by atoms with van der Waals surface area (Å²) in [7, 11) is 0. The van der Waals surface area contributed by atoms with E-state index in [1.807, 2.05) is 0 Å². The molecule has 324 valence electrons. The zero-order valence-electron chi connectivity index (χ0n) is 32.4. The summed E-state index contributed by atoms with van der Waals surface area (Å²) in [5, 5.41) is 91.7. The first kappa shape index (κ1) is 45.6. The van der Waals surface area contributed by atoms with Crippen LogP contribution >= 0.6 is 0 Å². The molecule has 9 N–H and O–H groups in total. The normalized spacial score (nSPS) is 28.1. The van der Waals surface area contributed by atoms with Crippen molar-refractivity contribution in [2.24, 2.45) is 5.92 Å². The molecule has 0 aromatic heterocycles. The average molecular weight is 833 g/mol. The summed E-state index contributed by atoms with van der Waals surface area (Å²) in [6, 6.07) is 18.5. The van der Waals surface area contributed by atoms with Gasteiger partial charge in [-0.25, -0.2) is 4.79 Å². The summed E-state index contributed by atoms with van der Waals surface area (Å²) in [6.07, 6.45) is -15.1. The molecule has 18 heteroatoms. The minimum absolute atomic E-state index is 0.101. The summed E-state index contributed by atoms with van der Waals surface area (Å²) in [5.74, 6) is -1.60. The van der Waals surface area contributed by atoms with Gasteiger partial charge >= 0.3 is 11.9 Å². The standard InChI is InChI=1S/C41H52O18/c1-22(2)15-41(52,16-31(44)54-19-24-5-11-27(12-6-24)56-38-36(49)34(47)32(45)29(17-42)58-38)40(51)55-20-25-7-13-28(14-8-25)57-39-37(50)35(48)33(46)30(59-39)21-53-18-23-3-9-26(43)10-4-23/h3-14,22,29-30,32-39,42-43,45-50,52H,15-21H2,1-2H3/t29-,30-,32-,33-,34+,35+,36-,37-,38-,39-,41-/m1/s1. The van der Waals surface area contributed by atoms with Crippen LogP contribution in [0.15, 0.2) is 72.8 Å². The third-order valence-electron chi connectivity index (χ3n) is 9.69. The molecule has 3 aromatic carbocycles. The number of carbonyl (C=O) groups excluding carboxylic acids is 2. The number of esters is 2. The van der Waals surface area contributed by atoms with E-state index in [2.05, 4.69) is 0 Å². The first-order chi connectivity index (χ1) is 28.1. The van der Waals surface area contributed by atoms with Crippen molar-refractivity contribution in [3.8, 4) is 17.2 Å². The Bertz CT molecular complexity index is 1770. The van der Waals surface area contributed by atoms with E-state index >= 15 is 0 Å². The number of aliphatic hydroxyl groups excluding tert-OH is 7. The van der Waals surface area contributed by atoms with Crippen LogP contribution in [-0.2, 0) is 53.1 Å². The maximum atomic E-state index is 13.2. The summed E-state index contributed by atoms with van der Waals surface area (Å²) < 4.78 is 38.8. The van der Waals surface area contributed by atoms with Crippen LogP contribution in [0.2, 0.25) is 0 Å². The van der Waals surface area contributed by atoms with Crippen molar-refractivity contribution < 1.29 is 88.7 Å². The Morgan fingerprint density at radius 1 is 0.644 bits per heavy atom. The second kappa shape index (κ2) is 20.7. The first-order valence-corrected chi connectivity index (χ1v) is 19.0. The lowest BCUT2D eigenvalue weighted by atomic mass is 9.89. The fourth-order valence-electron chi connectivity index (χ4n) is 6.44. The molecule has 3 aromatic rings. The number of hydrogen-bond donors (Lipinski definition) is 9. The van der Waals surface area contributed by atoms with Crippen LogP contribution in [0.4, 0.5) is 0 Å². The van der Waals surface area contributed by atoms with Crippen LogP contribution in [0.25, 0.3) is 0 Å². The number of carbonyl (C=O) groups is 2. The number of phenolic OH excluding ortho intramolecular Hbond substituents is 1. The number of hydrogen-bond acceptors (Lipinski definition) is 18. The number of ether oxygens (including phenoxy) is 7. The van der Waals surface area contributed by atoms with E-state index in [4.69, 9.17) is 33.2 Å². The van der Waals surface area contributed by atoms with Gasteiger partial charge in [-0.2, -0.15) is 0 Å². The number of aliphatic hydroxyl groups is 8. The molecule has 0 bridgehead atoms. The second-order valence-corrected chi connectivity index (χ2v) is 15.0. The Labute approximate surface area is 339 Å². The zero-order chi connectivity index (χ0) is 42.9. The Morgan fingerprint density at radius 3 is 1.61 bits per heavy atom. The maximum absolute atomic E-state index is 13.2. The van der Waals surface area contributed by atoms with Crippen molar-refractivity contribution in [2.45, 2.75) is 114 Å². The molecule has 2 aliphatic heterocycles. The monoisotopic (exact) mass is 832 g/mol. The summed E-state index contributed by atoms with van der Waals surface area (Å²) in [6.45, 7) is 2.40. The molecule has 0 saturated carbocycles. The van der Waals surface area contributed by atoms with E-state index in [0.29, 0.717) is 11.1 Å². The highest BCUT2D eigenvalue weighted by Crippen LogP contribution is 2.28. The molecule has 2 fully saturated rings. The molecule has 18 nitrogen and oxygen atoms in total. The molecule has 0 amide bonds. The lowest BCUT2D eigenvalue weighted by Crippen LogP contribution is -2.60. The predicted molar refractivity (Wildman–Crippen MR) is 201 cm³/mol. The maximum Gasteiger partial charge on any atom is 0.339 e. The van der Waals surface area contributed by atoms with Crippen LogP contribution in [-0.4, -0.2) is 138 Å². The molecule has 2 heterocycles. The highest BCUT2D eigenvalue weighted by atomic mass is 16.7. The van der Waals surface area contributed by atoms with Crippen LogP contribution < -0.4 is 9.47 Å². The lowest BCUT2D eigenvalue weighted by Gasteiger charge is -2.40. The van der Waals surface area contributed by atoms with Crippen LogP contribution in [0.5, 0.6) is 17.2 Å². The Kier molecular flexibility index (Phi) is 16.0. The first-order valence-electron chi connectivity index (χ1n) is 19.0. The Hall–Kier alpha value is -4.44. The van der Waals surface area contributed by atoms with E-state index in [1.165, 1.54) is 36.4 Å². The topological polar surface area (TPSA) is 281 Å². The molecule has 2 saturated heterocycles. The third-order valence-corrected chi connectivity index (χ3v) is 9.69. The van der Waals surface area contributed by atoms with E-state index in [-0.39, 0.29) is 56.0 Å². The molecule has 0 aliphatic carbocycles. The molecular weight excluding hydrogens is 780 g/mol. The van der Waals surface area contributed by atoms with Crippen molar-refractivity contribution in [2.75, 3.05) is 13.2 Å². The lowest BCUT2D eigenvalue weighted by molar-refractivity contribution is -0.280. The molecule has 0 radical (unpaired) electrons. The van der Waals surface area contributed by atoms with E-state index in [1.54, 1.807) is 50.2 Å². The average Bonchev–Trinajstić information content (AvgIpc) is 3.21. The van der Waals surface area contributed by atoms with Gasteiger partial charge in [-0.1, -0.05) is 50.2 Å². The minimum Gasteiger partial charge on any atom is -0.508 e. The molecule has 0 unspecified atom stereocenters. The van der Waals surface area contributed by atoms with Crippen LogP contribution in [0.3, 0.4) is 0 Å². The van der Waals surface area contributed by atoms with Crippen molar-refractivity contribution >= 4 is 11.9 Å². The van der Waals surface area contributed by atoms with Gasteiger partial charge in [-0.05, 0) is 65.4 Å². The quantitative estimate of drug-likeness (QED) is 0.0759. The number of aromatic hydroxyl groups is 1. The van der Waals surface area contributed by atoms with E-state index < -0.39 is 92.0 Å². The van der Waals surface area contributed by atoms with E-state index in [0.717, 1.165) is 5.56 Å². The Morgan fingerprint density at radius 2 is 1.10 bits per heavy atom. The molecule has 2 aliphatic rings. The third kappa shape index (κ3) is 12.3. The summed E-state index contributed by atoms with van der Waals surface area (Å²) in [5.41, 5.74) is -0.457. The summed E-state index contributed by atoms with van der Waals surface area (Å²) in [4.78, 5) is 26.1. The van der Waals surface area contributed by atoms with Crippen molar-refractivity contribution in [3.05, 3.63) is 89.5 Å². The van der Waals surface area contributed by atoms with Crippen molar-refractivity contribution in [3.63, 3.8) is 0 Å². The smallest absolute Gasteiger partial charge is 0.339 e. The van der Waals surface area contributed by atoms with Crippen LogP contribution in [0.1, 0.15) is 43.4 Å². The van der Waals surface area contributed by atoms with Crippen LogP contribution in [0, 0.1) is 5.92 Å². The molecule has 11 atom stereocenters. The van der Waals surface area contributed by atoms with Gasteiger partial charge in [0, 0.05) is 0 Å². The van der Waals surface area contributed by atoms with Gasteiger partial charge in [-0.15, -0.1) is 0 Å². The minimum atomic E-state index is -2.21. The summed E-state index contributed by atoms with van der Waals surface area (Å²) >= 11 is 0. The molecule has 59 heavy (non-hydrogen) atoms. The Balaban J connectivity index is 1.09. The van der Waals surface area contributed by atoms with Gasteiger partial charge in [-0.3, -0.25) is 4.79 Å². The number of phenols is 1. The fourth-order valence-corrected chi connectivity index (χ4v) is 6.44. The van der Waals surface area contributed by atoms with Crippen molar-refractivity contribution in [1.29, 1.82) is 0 Å². The van der Waals surface area contributed by atoms with E-state index in [9.17, 15) is 55.5 Å². The van der Waals surface area contributed by atoms with Gasteiger partial charge in [0.05, 0.1) is 26.2 Å². The fraction of sp³-hybridized carbons (Fsp3) is 0.512. The number of benzene rings is 3. The van der Waals surface area contributed by atoms with Gasteiger partial charge in [0.1, 0.15) is 79.3 Å². The molecular formula is C41H52O18. The van der Waals surface area contributed by atoms with Gasteiger partial charge in [0.25, 0.3) is 0 Å². The number of rotatable bonds is 18. The zero-order valence-corrected chi connectivity index (χ0v) is 32.4. The highest BCUT2D eigenvalue weighted by Gasteiger charge is 2.46. The molecule has 0 spiro atoms. The largest absolute Gasteiger partial charge is 0.508 e.